The number of piperidine rings is 1. The summed E-state index contributed by atoms with van der Waals surface area (Å²) in [5.74, 6) is -0.0708. The number of amides is 2. The van der Waals surface area contributed by atoms with Gasteiger partial charge in [0.2, 0.25) is 11.8 Å². The fourth-order valence-electron chi connectivity index (χ4n) is 2.26. The molecule has 5 heteroatoms. The van der Waals surface area contributed by atoms with Gasteiger partial charge in [-0.3, -0.25) is 9.59 Å². The summed E-state index contributed by atoms with van der Waals surface area (Å²) in [7, 11) is 1.63. The molecule has 1 unspecified atom stereocenters. The molecule has 1 aliphatic rings. The lowest BCUT2D eigenvalue weighted by Crippen LogP contribution is -2.50. The molecule has 0 aromatic heterocycles. The number of hydrogen-bond donors (Lipinski definition) is 2. The molecule has 0 saturated carbocycles. The first-order valence-corrected chi connectivity index (χ1v) is 6.36. The first-order valence-electron chi connectivity index (χ1n) is 6.36. The molecule has 98 valence electrons. The molecule has 17 heavy (non-hydrogen) atoms. The minimum absolute atomic E-state index is 0.0135. The van der Waals surface area contributed by atoms with E-state index in [2.05, 4.69) is 5.32 Å². The Morgan fingerprint density at radius 1 is 1.53 bits per heavy atom. The molecule has 1 fully saturated rings. The fraction of sp³-hybridized carbons (Fsp3) is 0.833. The summed E-state index contributed by atoms with van der Waals surface area (Å²) >= 11 is 0. The van der Waals surface area contributed by atoms with Crippen LogP contribution in [0, 0.1) is 5.92 Å². The summed E-state index contributed by atoms with van der Waals surface area (Å²) < 4.78 is 0. The van der Waals surface area contributed by atoms with Crippen LogP contribution in [0.3, 0.4) is 0 Å². The molecule has 1 aliphatic heterocycles. The maximum atomic E-state index is 12.0. The molecule has 0 aromatic carbocycles. The van der Waals surface area contributed by atoms with Gasteiger partial charge >= 0.3 is 0 Å². The third-order valence-corrected chi connectivity index (χ3v) is 3.27. The highest BCUT2D eigenvalue weighted by molar-refractivity contribution is 5.83. The monoisotopic (exact) mass is 241 g/mol. The van der Waals surface area contributed by atoms with Crippen molar-refractivity contribution in [2.24, 2.45) is 11.7 Å². The van der Waals surface area contributed by atoms with E-state index in [0.29, 0.717) is 13.0 Å². The molecule has 0 spiro atoms. The van der Waals surface area contributed by atoms with Crippen molar-refractivity contribution >= 4 is 11.8 Å². The van der Waals surface area contributed by atoms with Gasteiger partial charge in [0.25, 0.3) is 0 Å². The average Bonchev–Trinajstić information content (AvgIpc) is 2.37. The number of carbonyl (C=O) groups excluding carboxylic acids is 2. The molecule has 1 rings (SSSR count). The van der Waals surface area contributed by atoms with E-state index in [4.69, 9.17) is 5.73 Å². The average molecular weight is 241 g/mol. The predicted octanol–water partition coefficient (Wildman–Crippen LogP) is 0.0984. The molecule has 0 aliphatic carbocycles. The summed E-state index contributed by atoms with van der Waals surface area (Å²) in [5.41, 5.74) is 5.82. The highest BCUT2D eigenvalue weighted by Gasteiger charge is 2.29. The number of nitrogens with one attached hydrogen (secondary N) is 1. The number of nitrogens with zero attached hydrogens (tertiary/aromatic N) is 1. The second-order valence-corrected chi connectivity index (χ2v) is 4.63. The van der Waals surface area contributed by atoms with Gasteiger partial charge in [0.1, 0.15) is 0 Å². The van der Waals surface area contributed by atoms with Crippen molar-refractivity contribution in [3.63, 3.8) is 0 Å². The summed E-state index contributed by atoms with van der Waals surface area (Å²) in [6.07, 6.45) is 3.34. The highest BCUT2D eigenvalue weighted by atomic mass is 16.2. The molecule has 1 saturated heterocycles. The van der Waals surface area contributed by atoms with Crippen LogP contribution in [0.25, 0.3) is 0 Å². The summed E-state index contributed by atoms with van der Waals surface area (Å²) in [5, 5.41) is 2.64. The van der Waals surface area contributed by atoms with Gasteiger partial charge in [-0.05, 0) is 19.3 Å². The second-order valence-electron chi connectivity index (χ2n) is 4.63. The molecule has 2 atom stereocenters. The lowest BCUT2D eigenvalue weighted by molar-refractivity contribution is -0.136. The minimum atomic E-state index is -0.413. The number of nitrogens with two attached hydrogens (primary N) is 1. The van der Waals surface area contributed by atoms with E-state index in [1.807, 2.05) is 6.92 Å². The zero-order valence-corrected chi connectivity index (χ0v) is 10.7. The third-order valence-electron chi connectivity index (χ3n) is 3.27. The Morgan fingerprint density at radius 3 is 2.82 bits per heavy atom. The Labute approximate surface area is 103 Å². The molecule has 3 N–H and O–H groups in total. The normalized spacial score (nSPS) is 22.1. The van der Waals surface area contributed by atoms with Crippen molar-refractivity contribution in [3.05, 3.63) is 0 Å². The summed E-state index contributed by atoms with van der Waals surface area (Å²) in [4.78, 5) is 25.3. The molecular formula is C12H23N3O2. The van der Waals surface area contributed by atoms with Gasteiger partial charge < -0.3 is 16.0 Å². The molecule has 0 bridgehead atoms. The van der Waals surface area contributed by atoms with Crippen molar-refractivity contribution < 1.29 is 9.59 Å². The maximum Gasteiger partial charge on any atom is 0.239 e. The smallest absolute Gasteiger partial charge is 0.239 e. The van der Waals surface area contributed by atoms with Crippen LogP contribution in [0.1, 0.15) is 32.6 Å². The van der Waals surface area contributed by atoms with Gasteiger partial charge in [0, 0.05) is 20.1 Å². The first-order chi connectivity index (χ1) is 8.10. The standard InChI is InChI=1S/C12H23N3O2/c1-3-5-10(13)12(17)15-7-4-6-9(8-15)11(16)14-2/h9-10H,3-8,13H2,1-2H3,(H,14,16)/t9?,10-/m0/s1. The largest absolute Gasteiger partial charge is 0.359 e. The zero-order valence-electron chi connectivity index (χ0n) is 10.7. The van der Waals surface area contributed by atoms with Crippen molar-refractivity contribution in [2.75, 3.05) is 20.1 Å². The molecule has 0 aromatic rings. The van der Waals surface area contributed by atoms with E-state index in [1.54, 1.807) is 11.9 Å². The first kappa shape index (κ1) is 14.0. The molecular weight excluding hydrogens is 218 g/mol. The number of likely N-dealkylation sites (tertiary alicyclic amines) is 1. The van der Waals surface area contributed by atoms with E-state index in [1.165, 1.54) is 0 Å². The van der Waals surface area contributed by atoms with Crippen molar-refractivity contribution in [3.8, 4) is 0 Å². The van der Waals surface area contributed by atoms with Crippen LogP contribution in [-0.2, 0) is 9.59 Å². The van der Waals surface area contributed by atoms with Crippen LogP contribution < -0.4 is 11.1 Å². The topological polar surface area (TPSA) is 75.4 Å². The molecule has 0 radical (unpaired) electrons. The van der Waals surface area contributed by atoms with Gasteiger partial charge in [0.15, 0.2) is 0 Å². The van der Waals surface area contributed by atoms with Gasteiger partial charge in [-0.25, -0.2) is 0 Å². The Kier molecular flexibility index (Phi) is 5.41. The van der Waals surface area contributed by atoms with Gasteiger partial charge in [-0.1, -0.05) is 13.3 Å². The minimum Gasteiger partial charge on any atom is -0.359 e. The van der Waals surface area contributed by atoms with Crippen molar-refractivity contribution in [2.45, 2.75) is 38.6 Å². The van der Waals surface area contributed by atoms with Crippen LogP contribution in [-0.4, -0.2) is 42.9 Å². The van der Waals surface area contributed by atoms with Crippen LogP contribution in [0.15, 0.2) is 0 Å². The Bertz CT molecular complexity index is 281. The van der Waals surface area contributed by atoms with Crippen LogP contribution in [0.4, 0.5) is 0 Å². The van der Waals surface area contributed by atoms with E-state index >= 15 is 0 Å². The van der Waals surface area contributed by atoms with E-state index < -0.39 is 6.04 Å². The third kappa shape index (κ3) is 3.70. The van der Waals surface area contributed by atoms with Crippen LogP contribution in [0.5, 0.6) is 0 Å². The van der Waals surface area contributed by atoms with Crippen molar-refractivity contribution in [1.82, 2.24) is 10.2 Å². The highest BCUT2D eigenvalue weighted by Crippen LogP contribution is 2.17. The summed E-state index contributed by atoms with van der Waals surface area (Å²) in [6.45, 7) is 3.25. The summed E-state index contributed by atoms with van der Waals surface area (Å²) in [6, 6.07) is -0.413. The molecule has 2 amide bonds. The molecule has 1 heterocycles. The zero-order chi connectivity index (χ0) is 12.8. The van der Waals surface area contributed by atoms with E-state index in [0.717, 1.165) is 25.8 Å². The quantitative estimate of drug-likeness (QED) is 0.733. The molecule has 5 nitrogen and oxygen atoms in total. The predicted molar refractivity (Wildman–Crippen MR) is 66.3 cm³/mol. The van der Waals surface area contributed by atoms with Crippen molar-refractivity contribution in [1.29, 1.82) is 0 Å². The number of rotatable bonds is 4. The van der Waals surface area contributed by atoms with Crippen LogP contribution in [0.2, 0.25) is 0 Å². The Balaban J connectivity index is 2.54. The second kappa shape index (κ2) is 6.59. The SMILES string of the molecule is CCC[C@H](N)C(=O)N1CCCC(C(=O)NC)C1. The van der Waals surface area contributed by atoms with E-state index in [9.17, 15) is 9.59 Å². The Morgan fingerprint density at radius 2 is 2.24 bits per heavy atom. The number of carbonyl (C=O) groups is 2. The van der Waals surface area contributed by atoms with E-state index in [-0.39, 0.29) is 17.7 Å². The fourth-order valence-corrected chi connectivity index (χ4v) is 2.26. The van der Waals surface area contributed by atoms with Gasteiger partial charge in [0.05, 0.1) is 12.0 Å². The van der Waals surface area contributed by atoms with Crippen LogP contribution >= 0.6 is 0 Å². The Hall–Kier alpha value is -1.10. The lowest BCUT2D eigenvalue weighted by atomic mass is 9.96. The number of hydrogen-bond acceptors (Lipinski definition) is 3. The lowest BCUT2D eigenvalue weighted by Gasteiger charge is -2.33. The maximum absolute atomic E-state index is 12.0. The van der Waals surface area contributed by atoms with Gasteiger partial charge in [-0.15, -0.1) is 0 Å². The van der Waals surface area contributed by atoms with Gasteiger partial charge in [-0.2, -0.15) is 0 Å².